The van der Waals surface area contributed by atoms with Gasteiger partial charge >= 0.3 is 0 Å². The first-order valence-corrected chi connectivity index (χ1v) is 9.68. The number of hydrogen-bond acceptors (Lipinski definition) is 4. The summed E-state index contributed by atoms with van der Waals surface area (Å²) in [6, 6.07) is 15.9. The van der Waals surface area contributed by atoms with Crippen LogP contribution >= 0.6 is 23.2 Å². The second-order valence-electron chi connectivity index (χ2n) is 6.71. The molecule has 140 valence electrons. The molecule has 2 heterocycles. The van der Waals surface area contributed by atoms with Gasteiger partial charge in [0.15, 0.2) is 0 Å². The fraction of sp³-hybridized carbons (Fsp3) is 0.300. The summed E-state index contributed by atoms with van der Waals surface area (Å²) < 4.78 is 6.12. The van der Waals surface area contributed by atoms with E-state index in [-0.39, 0.29) is 6.10 Å². The van der Waals surface area contributed by atoms with Crippen molar-refractivity contribution >= 4 is 23.2 Å². The molecule has 5 nitrogen and oxygen atoms in total. The van der Waals surface area contributed by atoms with Crippen molar-refractivity contribution in [2.75, 3.05) is 13.1 Å². The number of aromatic amines is 1. The van der Waals surface area contributed by atoms with Gasteiger partial charge in [-0.05, 0) is 30.2 Å². The van der Waals surface area contributed by atoms with Crippen LogP contribution in [0.1, 0.15) is 17.7 Å². The van der Waals surface area contributed by atoms with Crippen molar-refractivity contribution in [3.63, 3.8) is 0 Å². The summed E-state index contributed by atoms with van der Waals surface area (Å²) >= 11 is 12.3. The largest absolute Gasteiger partial charge is 0.370 e. The van der Waals surface area contributed by atoms with Crippen molar-refractivity contribution in [3.8, 4) is 11.3 Å². The van der Waals surface area contributed by atoms with Crippen LogP contribution in [0.3, 0.4) is 0 Å². The number of benzene rings is 2. The molecule has 0 spiro atoms. The number of halogens is 2. The Kier molecular flexibility index (Phi) is 5.74. The molecular weight excluding hydrogens is 383 g/mol. The van der Waals surface area contributed by atoms with Gasteiger partial charge in [-0.3, -0.25) is 10.00 Å². The molecule has 0 radical (unpaired) electrons. The SMILES string of the molecule is Clc1ccc(-c2nn[nH]c2CO[C@H]2CCN(Cc3ccccc3)C2)c(Cl)c1. The Bertz CT molecular complexity index is 900. The highest BCUT2D eigenvalue weighted by Crippen LogP contribution is 2.31. The normalized spacial score (nSPS) is 17.5. The van der Waals surface area contributed by atoms with Gasteiger partial charge in [0.2, 0.25) is 0 Å². The van der Waals surface area contributed by atoms with Gasteiger partial charge in [0, 0.05) is 30.2 Å². The lowest BCUT2D eigenvalue weighted by Gasteiger charge is -2.16. The molecule has 2 aromatic carbocycles. The molecule has 0 aliphatic carbocycles. The van der Waals surface area contributed by atoms with Gasteiger partial charge < -0.3 is 4.74 Å². The molecule has 3 aromatic rings. The molecule has 0 saturated carbocycles. The molecule has 0 bridgehead atoms. The number of likely N-dealkylation sites (tertiary alicyclic amines) is 1. The van der Waals surface area contributed by atoms with E-state index in [9.17, 15) is 0 Å². The molecule has 27 heavy (non-hydrogen) atoms. The quantitative estimate of drug-likeness (QED) is 0.655. The Balaban J connectivity index is 1.36. The van der Waals surface area contributed by atoms with E-state index in [1.54, 1.807) is 12.1 Å². The Labute approximate surface area is 168 Å². The Hall–Kier alpha value is -1.92. The smallest absolute Gasteiger partial charge is 0.119 e. The molecule has 0 amide bonds. The maximum absolute atomic E-state index is 6.30. The zero-order valence-electron chi connectivity index (χ0n) is 14.7. The third kappa shape index (κ3) is 4.50. The summed E-state index contributed by atoms with van der Waals surface area (Å²) in [5.74, 6) is 0. The van der Waals surface area contributed by atoms with Crippen LogP contribution in [0.4, 0.5) is 0 Å². The first-order chi connectivity index (χ1) is 13.2. The van der Waals surface area contributed by atoms with Gasteiger partial charge in [0.1, 0.15) is 5.69 Å². The van der Waals surface area contributed by atoms with Crippen LogP contribution in [-0.2, 0) is 17.9 Å². The van der Waals surface area contributed by atoms with Gasteiger partial charge in [-0.1, -0.05) is 58.7 Å². The predicted molar refractivity (Wildman–Crippen MR) is 107 cm³/mol. The van der Waals surface area contributed by atoms with E-state index >= 15 is 0 Å². The Morgan fingerprint density at radius 3 is 2.81 bits per heavy atom. The number of rotatable bonds is 6. The van der Waals surface area contributed by atoms with E-state index in [0.29, 0.717) is 22.3 Å². The molecule has 1 fully saturated rings. The minimum absolute atomic E-state index is 0.200. The summed E-state index contributed by atoms with van der Waals surface area (Å²) in [4.78, 5) is 2.42. The minimum Gasteiger partial charge on any atom is -0.370 e. The molecule has 1 atom stereocenters. The van der Waals surface area contributed by atoms with Gasteiger partial charge in [0.25, 0.3) is 0 Å². The average Bonchev–Trinajstić information content (AvgIpc) is 3.30. The molecule has 0 unspecified atom stereocenters. The summed E-state index contributed by atoms with van der Waals surface area (Å²) in [6.45, 7) is 3.34. The molecule has 1 N–H and O–H groups in total. The molecule has 1 aliphatic heterocycles. The maximum atomic E-state index is 6.30. The van der Waals surface area contributed by atoms with Crippen molar-refractivity contribution in [3.05, 3.63) is 69.8 Å². The average molecular weight is 403 g/mol. The van der Waals surface area contributed by atoms with Crippen molar-refractivity contribution in [1.29, 1.82) is 0 Å². The second-order valence-corrected chi connectivity index (χ2v) is 7.55. The van der Waals surface area contributed by atoms with Crippen LogP contribution in [0.5, 0.6) is 0 Å². The van der Waals surface area contributed by atoms with Crippen LogP contribution < -0.4 is 0 Å². The Morgan fingerprint density at radius 2 is 2.00 bits per heavy atom. The van der Waals surface area contributed by atoms with E-state index in [0.717, 1.165) is 37.3 Å². The summed E-state index contributed by atoms with van der Waals surface area (Å²) in [5, 5.41) is 12.2. The number of H-pyrrole nitrogens is 1. The minimum atomic E-state index is 0.200. The third-order valence-electron chi connectivity index (χ3n) is 4.75. The number of nitrogens with one attached hydrogen (secondary N) is 1. The molecule has 1 saturated heterocycles. The monoisotopic (exact) mass is 402 g/mol. The van der Waals surface area contributed by atoms with Crippen LogP contribution in [-0.4, -0.2) is 39.5 Å². The first kappa shape index (κ1) is 18.4. The number of ether oxygens (including phenoxy) is 1. The van der Waals surface area contributed by atoms with E-state index < -0.39 is 0 Å². The maximum Gasteiger partial charge on any atom is 0.119 e. The fourth-order valence-corrected chi connectivity index (χ4v) is 3.86. The third-order valence-corrected chi connectivity index (χ3v) is 5.30. The highest BCUT2D eigenvalue weighted by atomic mass is 35.5. The van der Waals surface area contributed by atoms with Crippen molar-refractivity contribution in [1.82, 2.24) is 20.3 Å². The van der Waals surface area contributed by atoms with Crippen LogP contribution in [0, 0.1) is 0 Å². The van der Waals surface area contributed by atoms with Crippen LogP contribution in [0.15, 0.2) is 48.5 Å². The predicted octanol–water partition coefficient (Wildman–Crippen LogP) is 4.57. The lowest BCUT2D eigenvalue weighted by Crippen LogP contribution is -2.23. The van der Waals surface area contributed by atoms with Crippen molar-refractivity contribution < 1.29 is 4.74 Å². The van der Waals surface area contributed by atoms with E-state index in [4.69, 9.17) is 27.9 Å². The van der Waals surface area contributed by atoms with Gasteiger partial charge in [-0.15, -0.1) is 5.10 Å². The van der Waals surface area contributed by atoms with Crippen LogP contribution in [0.25, 0.3) is 11.3 Å². The lowest BCUT2D eigenvalue weighted by molar-refractivity contribution is 0.0445. The second kappa shape index (κ2) is 8.40. The molecule has 1 aliphatic rings. The standard InChI is InChI=1S/C20H20Cl2N4O/c21-15-6-7-17(18(22)10-15)20-19(23-25-24-20)13-27-16-8-9-26(12-16)11-14-4-2-1-3-5-14/h1-7,10,16H,8-9,11-13H2,(H,23,24,25)/t16-/m0/s1. The van der Waals surface area contributed by atoms with Crippen molar-refractivity contribution in [2.45, 2.75) is 25.7 Å². The zero-order chi connectivity index (χ0) is 18.6. The number of nitrogens with zero attached hydrogens (tertiary/aromatic N) is 3. The molecule has 1 aromatic heterocycles. The van der Waals surface area contributed by atoms with E-state index in [2.05, 4.69) is 44.6 Å². The summed E-state index contributed by atoms with van der Waals surface area (Å²) in [5.41, 5.74) is 3.65. The Morgan fingerprint density at radius 1 is 1.15 bits per heavy atom. The summed E-state index contributed by atoms with van der Waals surface area (Å²) in [7, 11) is 0. The molecule has 4 rings (SSSR count). The molecular formula is C20H20Cl2N4O. The molecule has 7 heteroatoms. The zero-order valence-corrected chi connectivity index (χ0v) is 16.2. The highest BCUT2D eigenvalue weighted by Gasteiger charge is 2.24. The van der Waals surface area contributed by atoms with Crippen molar-refractivity contribution in [2.24, 2.45) is 0 Å². The van der Waals surface area contributed by atoms with Gasteiger partial charge in [-0.2, -0.15) is 0 Å². The first-order valence-electron chi connectivity index (χ1n) is 8.92. The fourth-order valence-electron chi connectivity index (χ4n) is 3.37. The lowest BCUT2D eigenvalue weighted by atomic mass is 10.1. The number of aromatic nitrogens is 3. The summed E-state index contributed by atoms with van der Waals surface area (Å²) in [6.07, 6.45) is 1.22. The van der Waals surface area contributed by atoms with Crippen LogP contribution in [0.2, 0.25) is 10.0 Å². The van der Waals surface area contributed by atoms with E-state index in [1.807, 2.05) is 12.1 Å². The van der Waals surface area contributed by atoms with Gasteiger partial charge in [-0.25, -0.2) is 0 Å². The highest BCUT2D eigenvalue weighted by molar-refractivity contribution is 6.36. The van der Waals surface area contributed by atoms with Gasteiger partial charge in [0.05, 0.1) is 23.4 Å². The number of hydrogen-bond donors (Lipinski definition) is 1. The topological polar surface area (TPSA) is 54.0 Å². The van der Waals surface area contributed by atoms with E-state index in [1.165, 1.54) is 5.56 Å².